The summed E-state index contributed by atoms with van der Waals surface area (Å²) < 4.78 is 5.28. The highest BCUT2D eigenvalue weighted by Gasteiger charge is 2.46. The van der Waals surface area contributed by atoms with E-state index >= 15 is 0 Å². The summed E-state index contributed by atoms with van der Waals surface area (Å²) in [5.74, 6) is -0.870. The summed E-state index contributed by atoms with van der Waals surface area (Å²) in [7, 11) is 1.57. The fourth-order valence-corrected chi connectivity index (χ4v) is 4.38. The van der Waals surface area contributed by atoms with Gasteiger partial charge < -0.3 is 14.7 Å². The number of Topliss-reactive ketones (excluding diaryl/α,β-unsaturated/α-hetero) is 1. The number of pyridine rings is 1. The maximum Gasteiger partial charge on any atom is 0.295 e. The van der Waals surface area contributed by atoms with Crippen LogP contribution in [0, 0.1) is 6.92 Å². The van der Waals surface area contributed by atoms with E-state index in [0.29, 0.717) is 16.9 Å². The number of hydrogen-bond donors (Lipinski definition) is 1. The number of ether oxygens (including phenoxy) is 1. The van der Waals surface area contributed by atoms with Gasteiger partial charge in [0.15, 0.2) is 0 Å². The Labute approximate surface area is 178 Å². The van der Waals surface area contributed by atoms with E-state index in [1.54, 1.807) is 49.8 Å². The van der Waals surface area contributed by atoms with E-state index in [1.807, 2.05) is 24.4 Å². The monoisotopic (exact) mass is 420 g/mol. The molecule has 0 spiro atoms. The van der Waals surface area contributed by atoms with Gasteiger partial charge in [-0.25, -0.2) is 0 Å². The molecule has 1 unspecified atom stereocenters. The second-order valence-corrected chi connectivity index (χ2v) is 8.01. The molecule has 152 valence electrons. The molecule has 2 aromatic heterocycles. The highest BCUT2D eigenvalue weighted by Crippen LogP contribution is 2.40. The summed E-state index contributed by atoms with van der Waals surface area (Å²) in [6.45, 7) is 2.13. The van der Waals surface area contributed by atoms with Crippen molar-refractivity contribution < 1.29 is 19.4 Å². The molecule has 1 N–H and O–H groups in total. The number of aromatic nitrogens is 1. The van der Waals surface area contributed by atoms with E-state index in [4.69, 9.17) is 4.74 Å². The Hall–Kier alpha value is -3.45. The van der Waals surface area contributed by atoms with E-state index in [-0.39, 0.29) is 17.9 Å². The fourth-order valence-electron chi connectivity index (χ4n) is 3.68. The molecule has 1 atom stereocenters. The average molecular weight is 420 g/mol. The van der Waals surface area contributed by atoms with Gasteiger partial charge in [0.05, 0.1) is 25.3 Å². The van der Waals surface area contributed by atoms with Crippen LogP contribution >= 0.6 is 11.3 Å². The Kier molecular flexibility index (Phi) is 5.37. The van der Waals surface area contributed by atoms with Gasteiger partial charge in [-0.15, -0.1) is 11.3 Å². The molecule has 30 heavy (non-hydrogen) atoms. The minimum atomic E-state index is -0.719. The van der Waals surface area contributed by atoms with Crippen LogP contribution in [-0.4, -0.2) is 33.8 Å². The zero-order valence-electron chi connectivity index (χ0n) is 16.5. The second kappa shape index (κ2) is 8.12. The molecule has 3 aromatic rings. The molecule has 0 bridgehead atoms. The van der Waals surface area contributed by atoms with E-state index in [2.05, 4.69) is 4.98 Å². The molecular formula is C23H20N2O4S. The summed E-state index contributed by atoms with van der Waals surface area (Å²) in [6.07, 6.45) is 3.24. The molecule has 7 heteroatoms. The summed E-state index contributed by atoms with van der Waals surface area (Å²) >= 11 is 1.51. The van der Waals surface area contributed by atoms with Crippen LogP contribution < -0.4 is 4.74 Å². The van der Waals surface area contributed by atoms with Crippen molar-refractivity contribution in [3.05, 3.63) is 87.4 Å². The standard InChI is InChI=1S/C23H20N2O4S/c1-14-11-15(7-8-18(14)29-2)21(26)19-20(16-5-3-9-24-12-16)25(23(28)22(19)27)13-17-6-4-10-30-17/h3-12,20,26H,13H2,1-2H3/b21-19-. The van der Waals surface area contributed by atoms with Crippen molar-refractivity contribution in [3.8, 4) is 5.75 Å². The van der Waals surface area contributed by atoms with E-state index in [9.17, 15) is 14.7 Å². The van der Waals surface area contributed by atoms with Crippen molar-refractivity contribution in [2.24, 2.45) is 0 Å². The molecule has 0 aliphatic carbocycles. The Balaban J connectivity index is 1.85. The van der Waals surface area contributed by atoms with Gasteiger partial charge in [0.2, 0.25) is 0 Å². The number of methoxy groups -OCH3 is 1. The third-order valence-electron chi connectivity index (χ3n) is 5.11. The van der Waals surface area contributed by atoms with Crippen LogP contribution in [0.5, 0.6) is 5.75 Å². The van der Waals surface area contributed by atoms with Crippen molar-refractivity contribution in [3.63, 3.8) is 0 Å². The number of aryl methyl sites for hydroxylation is 1. The Morgan fingerprint density at radius 2 is 2.07 bits per heavy atom. The first-order valence-corrected chi connectivity index (χ1v) is 10.2. The minimum Gasteiger partial charge on any atom is -0.507 e. The molecule has 3 heterocycles. The normalized spacial score (nSPS) is 18.1. The van der Waals surface area contributed by atoms with Crippen molar-refractivity contribution in [2.75, 3.05) is 7.11 Å². The van der Waals surface area contributed by atoms with Crippen LogP contribution in [0.3, 0.4) is 0 Å². The highest BCUT2D eigenvalue weighted by atomic mass is 32.1. The number of hydrogen-bond acceptors (Lipinski definition) is 6. The van der Waals surface area contributed by atoms with Gasteiger partial charge >= 0.3 is 0 Å². The molecule has 4 rings (SSSR count). The van der Waals surface area contributed by atoms with E-state index < -0.39 is 17.7 Å². The van der Waals surface area contributed by atoms with Gasteiger partial charge in [-0.2, -0.15) is 0 Å². The number of aliphatic hydroxyl groups excluding tert-OH is 1. The number of likely N-dealkylation sites (tertiary alicyclic amines) is 1. The number of amides is 1. The van der Waals surface area contributed by atoms with Crippen molar-refractivity contribution in [2.45, 2.75) is 19.5 Å². The van der Waals surface area contributed by atoms with Crippen LogP contribution in [0.15, 0.2) is 65.8 Å². The predicted octanol–water partition coefficient (Wildman–Crippen LogP) is 4.08. The number of benzene rings is 1. The van der Waals surface area contributed by atoms with Gasteiger partial charge in [0.1, 0.15) is 11.5 Å². The van der Waals surface area contributed by atoms with Crippen molar-refractivity contribution in [1.82, 2.24) is 9.88 Å². The number of carbonyl (C=O) groups excluding carboxylic acids is 2. The molecule has 6 nitrogen and oxygen atoms in total. The molecule has 0 radical (unpaired) electrons. The van der Waals surface area contributed by atoms with Crippen LogP contribution in [0.2, 0.25) is 0 Å². The molecule has 1 amide bonds. The lowest BCUT2D eigenvalue weighted by Gasteiger charge is -2.24. The van der Waals surface area contributed by atoms with Crippen molar-refractivity contribution in [1.29, 1.82) is 0 Å². The number of ketones is 1. The zero-order valence-corrected chi connectivity index (χ0v) is 17.3. The summed E-state index contributed by atoms with van der Waals surface area (Å²) in [6, 6.07) is 11.8. The first-order valence-electron chi connectivity index (χ1n) is 9.37. The van der Waals surface area contributed by atoms with Gasteiger partial charge in [-0.3, -0.25) is 14.6 Å². The molecule has 1 saturated heterocycles. The van der Waals surface area contributed by atoms with Gasteiger partial charge in [-0.1, -0.05) is 12.1 Å². The third-order valence-corrected chi connectivity index (χ3v) is 5.98. The van der Waals surface area contributed by atoms with Crippen LogP contribution in [0.4, 0.5) is 0 Å². The largest absolute Gasteiger partial charge is 0.507 e. The van der Waals surface area contributed by atoms with Crippen LogP contribution in [-0.2, 0) is 16.1 Å². The number of carbonyl (C=O) groups is 2. The zero-order chi connectivity index (χ0) is 21.3. The number of rotatable bonds is 5. The lowest BCUT2D eigenvalue weighted by atomic mass is 9.95. The molecule has 1 aliphatic heterocycles. The summed E-state index contributed by atoms with van der Waals surface area (Å²) in [4.78, 5) is 32.5. The number of thiophene rings is 1. The van der Waals surface area contributed by atoms with E-state index in [1.165, 1.54) is 16.2 Å². The topological polar surface area (TPSA) is 79.7 Å². The fraction of sp³-hybridized carbons (Fsp3) is 0.174. The van der Waals surface area contributed by atoms with Crippen molar-refractivity contribution >= 4 is 28.8 Å². The third kappa shape index (κ3) is 3.48. The maximum atomic E-state index is 13.0. The maximum absolute atomic E-state index is 13.0. The van der Waals surface area contributed by atoms with Gasteiger partial charge in [-0.05, 0) is 53.8 Å². The molecule has 0 saturated carbocycles. The first kappa shape index (κ1) is 19.8. The lowest BCUT2D eigenvalue weighted by molar-refractivity contribution is -0.140. The van der Waals surface area contributed by atoms with Gasteiger partial charge in [0.25, 0.3) is 11.7 Å². The first-order chi connectivity index (χ1) is 14.5. The number of nitrogens with zero attached hydrogens (tertiary/aromatic N) is 2. The summed E-state index contributed by atoms with van der Waals surface area (Å²) in [5.41, 5.74) is 2.00. The van der Waals surface area contributed by atoms with E-state index in [0.717, 1.165) is 10.4 Å². The van der Waals surface area contributed by atoms with Crippen LogP contribution in [0.1, 0.15) is 27.6 Å². The van der Waals surface area contributed by atoms with Gasteiger partial charge in [0, 0.05) is 22.8 Å². The molecular weight excluding hydrogens is 400 g/mol. The smallest absolute Gasteiger partial charge is 0.295 e. The molecule has 1 aliphatic rings. The minimum absolute atomic E-state index is 0.0640. The second-order valence-electron chi connectivity index (χ2n) is 6.98. The highest BCUT2D eigenvalue weighted by molar-refractivity contribution is 7.09. The average Bonchev–Trinajstić information content (AvgIpc) is 3.36. The Morgan fingerprint density at radius 3 is 2.70 bits per heavy atom. The lowest BCUT2D eigenvalue weighted by Crippen LogP contribution is -2.28. The molecule has 1 aromatic carbocycles. The Bertz CT molecular complexity index is 1120. The Morgan fingerprint density at radius 1 is 1.23 bits per heavy atom. The van der Waals surface area contributed by atoms with Crippen LogP contribution in [0.25, 0.3) is 5.76 Å². The quantitative estimate of drug-likeness (QED) is 0.382. The summed E-state index contributed by atoms with van der Waals surface area (Å²) in [5, 5.41) is 13.0. The SMILES string of the molecule is COc1ccc(/C(O)=C2/C(=O)C(=O)N(Cc3cccs3)C2c2cccnc2)cc1C. The number of aliphatic hydroxyl groups is 1. The molecule has 1 fully saturated rings. The predicted molar refractivity (Wildman–Crippen MR) is 114 cm³/mol.